The fourth-order valence-corrected chi connectivity index (χ4v) is 1.39. The van der Waals surface area contributed by atoms with Gasteiger partial charge >= 0.3 is 0 Å². The van der Waals surface area contributed by atoms with Crippen molar-refractivity contribution in [2.75, 3.05) is 6.61 Å². The highest BCUT2D eigenvalue weighted by molar-refractivity contribution is 6.30. The molecule has 5 heteroatoms. The van der Waals surface area contributed by atoms with Gasteiger partial charge in [-0.2, -0.15) is 5.10 Å². The highest BCUT2D eigenvalue weighted by Gasteiger charge is 2.09. The lowest BCUT2D eigenvalue weighted by Crippen LogP contribution is -2.04. The number of nitrogens with two attached hydrogens (primary N) is 1. The van der Waals surface area contributed by atoms with Crippen LogP contribution in [-0.4, -0.2) is 16.4 Å². The summed E-state index contributed by atoms with van der Waals surface area (Å²) in [5.74, 6) is 4.91. The molecule has 0 aliphatic carbocycles. The minimum atomic E-state index is 0.465. The summed E-state index contributed by atoms with van der Waals surface area (Å²) in [5, 5.41) is 4.81. The van der Waals surface area contributed by atoms with Gasteiger partial charge in [0.1, 0.15) is 5.15 Å². The van der Waals surface area contributed by atoms with Crippen LogP contribution >= 0.6 is 11.6 Å². The van der Waals surface area contributed by atoms with E-state index in [0.717, 1.165) is 11.3 Å². The van der Waals surface area contributed by atoms with Gasteiger partial charge in [0.2, 0.25) is 0 Å². The summed E-state index contributed by atoms with van der Waals surface area (Å²) < 4.78 is 1.64. The smallest absolute Gasteiger partial charge is 0.130 e. The Morgan fingerprint density at radius 1 is 1.67 bits per heavy atom. The maximum absolute atomic E-state index is 5.95. The molecule has 0 aliphatic rings. The molecule has 0 aliphatic heterocycles. The van der Waals surface area contributed by atoms with Crippen LogP contribution in [0.5, 0.6) is 0 Å². The van der Waals surface area contributed by atoms with Crippen molar-refractivity contribution in [3.63, 3.8) is 0 Å². The van der Waals surface area contributed by atoms with Gasteiger partial charge < -0.3 is 4.84 Å². The Balaban J connectivity index is 2.82. The molecule has 0 aromatic carbocycles. The van der Waals surface area contributed by atoms with E-state index >= 15 is 0 Å². The molecule has 0 bridgehead atoms. The van der Waals surface area contributed by atoms with Gasteiger partial charge in [-0.3, -0.25) is 4.68 Å². The first-order valence-electron chi connectivity index (χ1n) is 3.66. The van der Waals surface area contributed by atoms with Crippen molar-refractivity contribution in [2.24, 2.45) is 12.9 Å². The number of halogens is 1. The van der Waals surface area contributed by atoms with Crippen LogP contribution in [0.3, 0.4) is 0 Å². The molecule has 0 radical (unpaired) electrons. The number of aromatic nitrogens is 2. The molecule has 1 aromatic heterocycles. The first-order chi connectivity index (χ1) is 5.66. The Bertz CT molecular complexity index is 272. The molecule has 1 aromatic rings. The fraction of sp³-hybridized carbons (Fsp3) is 0.571. The third kappa shape index (κ3) is 1.77. The summed E-state index contributed by atoms with van der Waals surface area (Å²) in [4.78, 5) is 4.47. The highest BCUT2D eigenvalue weighted by atomic mass is 35.5. The minimum absolute atomic E-state index is 0.465. The van der Waals surface area contributed by atoms with Crippen LogP contribution < -0.4 is 5.90 Å². The quantitative estimate of drug-likeness (QED) is 0.717. The summed E-state index contributed by atoms with van der Waals surface area (Å²) >= 11 is 5.95. The molecule has 4 nitrogen and oxygen atoms in total. The maximum Gasteiger partial charge on any atom is 0.130 e. The summed E-state index contributed by atoms with van der Waals surface area (Å²) in [5.41, 5.74) is 1.93. The zero-order valence-corrected chi connectivity index (χ0v) is 7.93. The van der Waals surface area contributed by atoms with Gasteiger partial charge in [-0.1, -0.05) is 11.6 Å². The lowest BCUT2D eigenvalue weighted by Gasteiger charge is -1.97. The molecular formula is C7H12ClN3O. The van der Waals surface area contributed by atoms with Crippen LogP contribution in [0.25, 0.3) is 0 Å². The Hall–Kier alpha value is -0.580. The van der Waals surface area contributed by atoms with Gasteiger partial charge in [0.15, 0.2) is 0 Å². The Morgan fingerprint density at radius 2 is 2.33 bits per heavy atom. The van der Waals surface area contributed by atoms with E-state index in [1.807, 2.05) is 14.0 Å². The van der Waals surface area contributed by atoms with Crippen molar-refractivity contribution in [3.05, 3.63) is 16.4 Å². The largest absolute Gasteiger partial charge is 0.304 e. The molecule has 0 amide bonds. The SMILES string of the molecule is Cc1nn(C)c(Cl)c1CCON. The molecule has 0 saturated heterocycles. The third-order valence-corrected chi connectivity index (χ3v) is 2.21. The van der Waals surface area contributed by atoms with Crippen molar-refractivity contribution >= 4 is 11.6 Å². The average molecular weight is 190 g/mol. The number of hydrogen-bond acceptors (Lipinski definition) is 3. The molecule has 1 rings (SSSR count). The van der Waals surface area contributed by atoms with Crippen LogP contribution in [0.1, 0.15) is 11.3 Å². The van der Waals surface area contributed by atoms with Crippen LogP contribution in [0.4, 0.5) is 0 Å². The second kappa shape index (κ2) is 3.89. The topological polar surface area (TPSA) is 53.1 Å². The lowest BCUT2D eigenvalue weighted by atomic mass is 10.2. The van der Waals surface area contributed by atoms with Crippen LogP contribution in [-0.2, 0) is 18.3 Å². The molecular weight excluding hydrogens is 178 g/mol. The second-order valence-electron chi connectivity index (χ2n) is 2.60. The lowest BCUT2D eigenvalue weighted by molar-refractivity contribution is 0.141. The zero-order valence-electron chi connectivity index (χ0n) is 7.17. The third-order valence-electron chi connectivity index (χ3n) is 1.74. The number of aryl methyl sites for hydroxylation is 2. The monoisotopic (exact) mass is 189 g/mol. The van der Waals surface area contributed by atoms with Gasteiger partial charge in [-0.15, -0.1) is 0 Å². The molecule has 0 unspecified atom stereocenters. The predicted octanol–water partition coefficient (Wildman–Crippen LogP) is 0.815. The first kappa shape index (κ1) is 9.51. The molecule has 2 N–H and O–H groups in total. The summed E-state index contributed by atoms with van der Waals surface area (Å²) in [6, 6.07) is 0. The van der Waals surface area contributed by atoms with Crippen LogP contribution in [0.15, 0.2) is 0 Å². The van der Waals surface area contributed by atoms with E-state index in [-0.39, 0.29) is 0 Å². The standard InChI is InChI=1S/C7H12ClN3O/c1-5-6(3-4-12-9)7(8)11(2)10-5/h3-4,9H2,1-2H3. The van der Waals surface area contributed by atoms with Gasteiger partial charge in [-0.25, -0.2) is 5.90 Å². The van der Waals surface area contributed by atoms with E-state index in [1.54, 1.807) is 4.68 Å². The Kier molecular flexibility index (Phi) is 3.08. The number of rotatable bonds is 3. The van der Waals surface area contributed by atoms with E-state index in [9.17, 15) is 0 Å². The number of hydrogen-bond donors (Lipinski definition) is 1. The highest BCUT2D eigenvalue weighted by Crippen LogP contribution is 2.18. The predicted molar refractivity (Wildman–Crippen MR) is 46.8 cm³/mol. The molecule has 0 saturated carbocycles. The molecule has 0 fully saturated rings. The molecule has 0 spiro atoms. The van der Waals surface area contributed by atoms with Crippen molar-refractivity contribution in [3.8, 4) is 0 Å². The van der Waals surface area contributed by atoms with Crippen LogP contribution in [0, 0.1) is 6.92 Å². The van der Waals surface area contributed by atoms with E-state index in [0.29, 0.717) is 18.2 Å². The van der Waals surface area contributed by atoms with Crippen molar-refractivity contribution in [2.45, 2.75) is 13.3 Å². The van der Waals surface area contributed by atoms with Crippen molar-refractivity contribution in [1.82, 2.24) is 9.78 Å². The molecule has 0 atom stereocenters. The van der Waals surface area contributed by atoms with Crippen molar-refractivity contribution < 1.29 is 4.84 Å². The fourth-order valence-electron chi connectivity index (χ4n) is 1.12. The first-order valence-corrected chi connectivity index (χ1v) is 4.04. The average Bonchev–Trinajstić information content (AvgIpc) is 2.25. The normalized spacial score (nSPS) is 10.7. The van der Waals surface area contributed by atoms with Gasteiger partial charge in [0.25, 0.3) is 0 Å². The summed E-state index contributed by atoms with van der Waals surface area (Å²) in [6.45, 7) is 2.38. The van der Waals surface area contributed by atoms with E-state index in [2.05, 4.69) is 9.94 Å². The molecule has 1 heterocycles. The second-order valence-corrected chi connectivity index (χ2v) is 2.96. The maximum atomic E-state index is 5.95. The molecule has 68 valence electrons. The van der Waals surface area contributed by atoms with E-state index in [4.69, 9.17) is 17.5 Å². The van der Waals surface area contributed by atoms with Gasteiger partial charge in [-0.05, 0) is 6.92 Å². The number of nitrogens with zero attached hydrogens (tertiary/aromatic N) is 2. The Labute approximate surface area is 76.2 Å². The van der Waals surface area contributed by atoms with E-state index in [1.165, 1.54) is 0 Å². The molecule has 12 heavy (non-hydrogen) atoms. The van der Waals surface area contributed by atoms with Gasteiger partial charge in [0.05, 0.1) is 12.3 Å². The minimum Gasteiger partial charge on any atom is -0.304 e. The summed E-state index contributed by atoms with van der Waals surface area (Å²) in [7, 11) is 1.81. The van der Waals surface area contributed by atoms with Crippen molar-refractivity contribution in [1.29, 1.82) is 0 Å². The zero-order chi connectivity index (χ0) is 9.14. The van der Waals surface area contributed by atoms with E-state index < -0.39 is 0 Å². The summed E-state index contributed by atoms with van der Waals surface area (Å²) in [6.07, 6.45) is 0.703. The Morgan fingerprint density at radius 3 is 2.75 bits per heavy atom. The van der Waals surface area contributed by atoms with Crippen LogP contribution in [0.2, 0.25) is 5.15 Å². The van der Waals surface area contributed by atoms with Gasteiger partial charge in [0, 0.05) is 19.0 Å².